The highest BCUT2D eigenvalue weighted by Gasteiger charge is 2.55. The van der Waals surface area contributed by atoms with Crippen molar-refractivity contribution < 1.29 is 9.90 Å². The summed E-state index contributed by atoms with van der Waals surface area (Å²) in [6.45, 7) is 7.11. The lowest BCUT2D eigenvalue weighted by atomic mass is 9.86. The van der Waals surface area contributed by atoms with E-state index in [2.05, 4.69) is 17.1 Å². The van der Waals surface area contributed by atoms with Gasteiger partial charge in [0.2, 0.25) is 5.91 Å². The molecule has 1 fully saturated rings. The predicted octanol–water partition coefficient (Wildman–Crippen LogP) is 2.74. The van der Waals surface area contributed by atoms with Crippen molar-refractivity contribution in [1.82, 2.24) is 14.8 Å². The van der Waals surface area contributed by atoms with Crippen LogP contribution < -0.4 is 10.9 Å². The Morgan fingerprint density at radius 2 is 2.00 bits per heavy atom. The highest BCUT2D eigenvalue weighted by molar-refractivity contribution is 5.81. The molecule has 1 aromatic carbocycles. The second-order valence-electron chi connectivity index (χ2n) is 8.49. The highest BCUT2D eigenvalue weighted by atomic mass is 16.3. The van der Waals surface area contributed by atoms with Crippen molar-refractivity contribution in [3.63, 3.8) is 0 Å². The van der Waals surface area contributed by atoms with Crippen LogP contribution >= 0.6 is 0 Å². The quantitative estimate of drug-likeness (QED) is 0.752. The largest absolute Gasteiger partial charge is 0.396 e. The molecule has 5 atom stereocenters. The molecule has 2 aliphatic rings. The fourth-order valence-corrected chi connectivity index (χ4v) is 5.41. The first-order valence-electron chi connectivity index (χ1n) is 11.1. The Labute approximate surface area is 183 Å². The number of hydrogen-bond donors (Lipinski definition) is 2. The number of aromatic nitrogens is 1. The summed E-state index contributed by atoms with van der Waals surface area (Å²) in [6.07, 6.45) is 3.68. The average molecular weight is 422 g/mol. The maximum Gasteiger partial charge on any atom is 0.258 e. The highest BCUT2D eigenvalue weighted by Crippen LogP contribution is 2.48. The van der Waals surface area contributed by atoms with Crippen LogP contribution in [0.3, 0.4) is 0 Å². The Morgan fingerprint density at radius 1 is 1.26 bits per heavy atom. The molecule has 31 heavy (non-hydrogen) atoms. The third kappa shape index (κ3) is 3.64. The Kier molecular flexibility index (Phi) is 6.12. The van der Waals surface area contributed by atoms with E-state index in [4.69, 9.17) is 0 Å². The van der Waals surface area contributed by atoms with Crippen molar-refractivity contribution in [2.45, 2.75) is 45.4 Å². The molecule has 2 N–H and O–H groups in total. The van der Waals surface area contributed by atoms with Crippen LogP contribution in [0.15, 0.2) is 53.3 Å². The summed E-state index contributed by atoms with van der Waals surface area (Å²) in [5.41, 5.74) is 2.52. The summed E-state index contributed by atoms with van der Waals surface area (Å²) in [7, 11) is 0. The molecule has 1 saturated heterocycles. The van der Waals surface area contributed by atoms with E-state index in [1.807, 2.05) is 73.0 Å². The molecule has 164 valence electrons. The number of fused-ring (bicyclic) bond motifs is 4. The normalized spacial score (nSPS) is 26.1. The van der Waals surface area contributed by atoms with Crippen LogP contribution in [0, 0.1) is 11.8 Å². The zero-order valence-corrected chi connectivity index (χ0v) is 18.4. The number of pyridine rings is 1. The van der Waals surface area contributed by atoms with E-state index in [0.717, 1.165) is 17.8 Å². The summed E-state index contributed by atoms with van der Waals surface area (Å²) in [6, 6.07) is 13.3. The molecular formula is C25H31N3O3. The van der Waals surface area contributed by atoms with Gasteiger partial charge in [-0.15, -0.1) is 0 Å². The van der Waals surface area contributed by atoms with E-state index in [1.165, 1.54) is 0 Å². The molecule has 4 rings (SSSR count). The first-order valence-corrected chi connectivity index (χ1v) is 11.1. The molecule has 0 aliphatic carbocycles. The molecule has 2 bridgehead atoms. The van der Waals surface area contributed by atoms with Crippen molar-refractivity contribution in [2.24, 2.45) is 11.8 Å². The number of benzene rings is 1. The number of aliphatic hydroxyl groups is 1. The van der Waals surface area contributed by atoms with E-state index in [0.29, 0.717) is 12.1 Å². The van der Waals surface area contributed by atoms with Crippen LogP contribution in [0.4, 0.5) is 0 Å². The Bertz CT molecular complexity index is 1030. The first kappa shape index (κ1) is 21.5. The molecule has 2 aliphatic heterocycles. The number of nitrogens with one attached hydrogen (secondary N) is 1. The first-order chi connectivity index (χ1) is 15.0. The summed E-state index contributed by atoms with van der Waals surface area (Å²) < 4.78 is 1.81. The second-order valence-corrected chi connectivity index (χ2v) is 8.49. The summed E-state index contributed by atoms with van der Waals surface area (Å²) in [4.78, 5) is 28.9. The van der Waals surface area contributed by atoms with Crippen molar-refractivity contribution in [2.75, 3.05) is 13.2 Å². The van der Waals surface area contributed by atoms with E-state index in [9.17, 15) is 14.7 Å². The minimum absolute atomic E-state index is 0.0308. The fourth-order valence-electron chi connectivity index (χ4n) is 5.41. The van der Waals surface area contributed by atoms with Gasteiger partial charge in [-0.05, 0) is 38.1 Å². The molecular weight excluding hydrogens is 390 g/mol. The maximum absolute atomic E-state index is 13.5. The fraction of sp³-hybridized carbons (Fsp3) is 0.440. The van der Waals surface area contributed by atoms with Crippen LogP contribution in [0.5, 0.6) is 0 Å². The van der Waals surface area contributed by atoms with E-state index in [1.54, 1.807) is 0 Å². The topological polar surface area (TPSA) is 74.6 Å². The van der Waals surface area contributed by atoms with Crippen molar-refractivity contribution >= 4 is 12.0 Å². The number of nitrogens with zero attached hydrogens (tertiary/aromatic N) is 2. The number of hydrogen-bond acceptors (Lipinski definition) is 4. The molecule has 0 radical (unpaired) electrons. The second kappa shape index (κ2) is 8.81. The van der Waals surface area contributed by atoms with E-state index >= 15 is 0 Å². The van der Waals surface area contributed by atoms with Crippen molar-refractivity contribution in [3.05, 3.63) is 75.7 Å². The lowest BCUT2D eigenvalue weighted by molar-refractivity contribution is -0.128. The maximum atomic E-state index is 13.5. The minimum Gasteiger partial charge on any atom is -0.396 e. The molecule has 1 amide bonds. The molecule has 0 saturated carbocycles. The standard InChI is InChI=1S/C25H31N3O3/c1-4-9-18-12-13-20-23-22(24(30)26-16(3)17-10-7-6-8-11-17)19(15-29)21(27(23)5-2)14-28(20)25(18)31/h4,6-13,16,19,21-23,29H,5,14-15H2,1-3H3,(H,26,30)/b9-4+/t16-,19-,21-,22+,23+/m1/s1. The summed E-state index contributed by atoms with van der Waals surface area (Å²) >= 11 is 0. The van der Waals surface area contributed by atoms with Crippen molar-refractivity contribution in [1.29, 1.82) is 0 Å². The SMILES string of the molecule is C/C=C/c1ccc2n(c1=O)C[C@@H]1[C@@H](CO)[C@H](C(=O)N[C@H](C)c3ccccc3)[C@H]2N1CC. The van der Waals surface area contributed by atoms with Gasteiger partial charge in [0.15, 0.2) is 0 Å². The lowest BCUT2D eigenvalue weighted by Gasteiger charge is -2.37. The van der Waals surface area contributed by atoms with Gasteiger partial charge in [-0.1, -0.05) is 49.4 Å². The van der Waals surface area contributed by atoms with Gasteiger partial charge in [0.25, 0.3) is 5.56 Å². The van der Waals surface area contributed by atoms with Gasteiger partial charge >= 0.3 is 0 Å². The molecule has 3 heterocycles. The summed E-state index contributed by atoms with van der Waals surface area (Å²) in [5, 5.41) is 13.4. The molecule has 0 spiro atoms. The van der Waals surface area contributed by atoms with E-state index in [-0.39, 0.29) is 42.1 Å². The molecule has 1 aromatic heterocycles. The number of allylic oxidation sites excluding steroid dienone is 1. The Hall–Kier alpha value is -2.70. The molecule has 6 nitrogen and oxygen atoms in total. The number of amides is 1. The number of rotatable bonds is 6. The zero-order chi connectivity index (χ0) is 22.1. The van der Waals surface area contributed by atoms with E-state index < -0.39 is 5.92 Å². The van der Waals surface area contributed by atoms with Crippen LogP contribution in [0.25, 0.3) is 6.08 Å². The number of aliphatic hydroxyl groups excluding tert-OH is 1. The van der Waals surface area contributed by atoms with Crippen LogP contribution in [-0.2, 0) is 11.3 Å². The predicted molar refractivity (Wildman–Crippen MR) is 121 cm³/mol. The number of carbonyl (C=O) groups excluding carboxylic acids is 1. The van der Waals surface area contributed by atoms with Gasteiger partial charge in [0.05, 0.1) is 18.0 Å². The molecule has 0 unspecified atom stereocenters. The number of carbonyl (C=O) groups is 1. The third-order valence-corrected chi connectivity index (χ3v) is 6.87. The molecule has 2 aromatic rings. The van der Waals surface area contributed by atoms with Gasteiger partial charge in [-0.2, -0.15) is 0 Å². The number of likely N-dealkylation sites (N-methyl/N-ethyl adjacent to an activating group) is 1. The summed E-state index contributed by atoms with van der Waals surface area (Å²) in [5.74, 6) is -0.709. The zero-order valence-electron chi connectivity index (χ0n) is 18.4. The van der Waals surface area contributed by atoms with Crippen LogP contribution in [0.2, 0.25) is 0 Å². The monoisotopic (exact) mass is 421 g/mol. The smallest absolute Gasteiger partial charge is 0.258 e. The Balaban J connectivity index is 1.72. The lowest BCUT2D eigenvalue weighted by Crippen LogP contribution is -2.46. The van der Waals surface area contributed by atoms with Crippen molar-refractivity contribution in [3.8, 4) is 0 Å². The third-order valence-electron chi connectivity index (χ3n) is 6.87. The van der Waals surface area contributed by atoms with Gasteiger partial charge in [-0.3, -0.25) is 14.5 Å². The van der Waals surface area contributed by atoms with Crippen LogP contribution in [-0.4, -0.2) is 39.7 Å². The van der Waals surface area contributed by atoms with Gasteiger partial charge in [0.1, 0.15) is 0 Å². The minimum atomic E-state index is -0.415. The Morgan fingerprint density at radius 3 is 2.65 bits per heavy atom. The van der Waals surface area contributed by atoms with Gasteiger partial charge < -0.3 is 15.0 Å². The van der Waals surface area contributed by atoms with Crippen LogP contribution in [0.1, 0.15) is 49.7 Å². The average Bonchev–Trinajstić information content (AvgIpc) is 3.02. The van der Waals surface area contributed by atoms with Gasteiger partial charge in [0, 0.05) is 36.4 Å². The van der Waals surface area contributed by atoms with Gasteiger partial charge in [-0.25, -0.2) is 0 Å². The molecule has 6 heteroatoms.